The maximum absolute atomic E-state index is 13.1. The molecule has 5 amide bonds. The van der Waals surface area contributed by atoms with E-state index in [1.165, 1.54) is 6.07 Å². The van der Waals surface area contributed by atoms with Crippen molar-refractivity contribution in [2.75, 3.05) is 11.9 Å². The first-order chi connectivity index (χ1) is 12.8. The molecular formula is C18H19ClFN3O4. The van der Waals surface area contributed by atoms with E-state index in [1.54, 1.807) is 0 Å². The summed E-state index contributed by atoms with van der Waals surface area (Å²) in [5.41, 5.74) is 0.145. The zero-order valence-electron chi connectivity index (χ0n) is 14.7. The standard InChI is InChI=1S/C18H19ClFN3O4/c1-10-4-2-3-5-14(10)23-17(26)16(25)22(18(23)27)9-15(24)21-13-7-6-11(20)8-12(13)19/h6-8,10,14H,2-5,9H2,1H3,(H,21,24)/t10-,14-/m1/s1. The SMILES string of the molecule is C[C@@H]1CCCC[C@H]1N1C(=O)C(=O)N(CC(=O)Nc2ccc(F)cc2Cl)C1=O. The van der Waals surface area contributed by atoms with Crippen LogP contribution in [0.3, 0.4) is 0 Å². The minimum atomic E-state index is -1.02. The van der Waals surface area contributed by atoms with E-state index in [4.69, 9.17) is 11.6 Å². The summed E-state index contributed by atoms with van der Waals surface area (Å²) in [4.78, 5) is 51.0. The molecule has 0 unspecified atom stereocenters. The van der Waals surface area contributed by atoms with Gasteiger partial charge in [0.15, 0.2) is 0 Å². The van der Waals surface area contributed by atoms with Crippen molar-refractivity contribution in [2.24, 2.45) is 5.92 Å². The Labute approximate surface area is 160 Å². The van der Waals surface area contributed by atoms with Crippen LogP contribution in [0.5, 0.6) is 0 Å². The molecule has 144 valence electrons. The van der Waals surface area contributed by atoms with Crippen LogP contribution < -0.4 is 5.32 Å². The molecule has 27 heavy (non-hydrogen) atoms. The minimum absolute atomic E-state index is 0.0174. The van der Waals surface area contributed by atoms with E-state index < -0.39 is 36.1 Å². The Morgan fingerprint density at radius 3 is 2.59 bits per heavy atom. The van der Waals surface area contributed by atoms with Crippen molar-refractivity contribution < 1.29 is 23.6 Å². The molecule has 0 aromatic heterocycles. The molecular weight excluding hydrogens is 377 g/mol. The van der Waals surface area contributed by atoms with Crippen LogP contribution in [0, 0.1) is 11.7 Å². The molecule has 9 heteroatoms. The van der Waals surface area contributed by atoms with Crippen molar-refractivity contribution in [3.8, 4) is 0 Å². The number of halogens is 2. The number of hydrogen-bond acceptors (Lipinski definition) is 4. The number of carbonyl (C=O) groups excluding carboxylic acids is 4. The fraction of sp³-hybridized carbons (Fsp3) is 0.444. The van der Waals surface area contributed by atoms with Crippen molar-refractivity contribution in [2.45, 2.75) is 38.6 Å². The van der Waals surface area contributed by atoms with E-state index in [0.29, 0.717) is 11.3 Å². The van der Waals surface area contributed by atoms with Gasteiger partial charge < -0.3 is 5.32 Å². The Balaban J connectivity index is 1.71. The van der Waals surface area contributed by atoms with E-state index in [9.17, 15) is 23.6 Å². The molecule has 1 heterocycles. The summed E-state index contributed by atoms with van der Waals surface area (Å²) < 4.78 is 13.1. The fourth-order valence-corrected chi connectivity index (χ4v) is 3.77. The number of benzene rings is 1. The Hall–Kier alpha value is -2.48. The van der Waals surface area contributed by atoms with Gasteiger partial charge in [0.25, 0.3) is 0 Å². The number of urea groups is 1. The molecule has 0 radical (unpaired) electrons. The quantitative estimate of drug-likeness (QED) is 0.627. The monoisotopic (exact) mass is 395 g/mol. The third kappa shape index (κ3) is 3.80. The summed E-state index contributed by atoms with van der Waals surface area (Å²) in [5.74, 6) is -3.09. The van der Waals surface area contributed by atoms with Crippen LogP contribution in [-0.4, -0.2) is 46.1 Å². The van der Waals surface area contributed by atoms with Gasteiger partial charge in [0, 0.05) is 6.04 Å². The van der Waals surface area contributed by atoms with Gasteiger partial charge in [0.05, 0.1) is 10.7 Å². The van der Waals surface area contributed by atoms with Crippen molar-refractivity contribution in [3.63, 3.8) is 0 Å². The molecule has 1 aliphatic carbocycles. The molecule has 1 saturated carbocycles. The van der Waals surface area contributed by atoms with Crippen LogP contribution in [-0.2, 0) is 14.4 Å². The van der Waals surface area contributed by atoms with Crippen molar-refractivity contribution in [1.82, 2.24) is 9.80 Å². The predicted octanol–water partition coefficient (Wildman–Crippen LogP) is 2.79. The second-order valence-corrected chi connectivity index (χ2v) is 7.26. The normalized spacial score (nSPS) is 23.1. The lowest BCUT2D eigenvalue weighted by atomic mass is 9.85. The van der Waals surface area contributed by atoms with Gasteiger partial charge in [0.2, 0.25) is 5.91 Å². The summed E-state index contributed by atoms with van der Waals surface area (Å²) in [6.07, 6.45) is 3.42. The van der Waals surface area contributed by atoms with Crippen molar-refractivity contribution in [3.05, 3.63) is 29.0 Å². The lowest BCUT2D eigenvalue weighted by Crippen LogP contribution is -2.46. The Morgan fingerprint density at radius 1 is 1.22 bits per heavy atom. The highest BCUT2D eigenvalue weighted by molar-refractivity contribution is 6.45. The van der Waals surface area contributed by atoms with Gasteiger partial charge in [-0.1, -0.05) is 31.4 Å². The number of anilines is 1. The van der Waals surface area contributed by atoms with Crippen LogP contribution >= 0.6 is 11.6 Å². The molecule has 1 N–H and O–H groups in total. The molecule has 0 spiro atoms. The van der Waals surface area contributed by atoms with Crippen LogP contribution in [0.2, 0.25) is 5.02 Å². The number of nitrogens with one attached hydrogen (secondary N) is 1. The number of carbonyl (C=O) groups is 4. The van der Waals surface area contributed by atoms with Crippen molar-refractivity contribution >= 4 is 41.0 Å². The molecule has 1 aromatic rings. The molecule has 2 fully saturated rings. The van der Waals surface area contributed by atoms with Crippen molar-refractivity contribution in [1.29, 1.82) is 0 Å². The first-order valence-corrected chi connectivity index (χ1v) is 9.11. The molecule has 2 aliphatic rings. The van der Waals surface area contributed by atoms with Crippen LogP contribution in [0.15, 0.2) is 18.2 Å². The maximum Gasteiger partial charge on any atom is 0.334 e. The third-order valence-corrected chi connectivity index (χ3v) is 5.30. The van der Waals surface area contributed by atoms with Gasteiger partial charge in [0.1, 0.15) is 12.4 Å². The molecule has 2 atom stereocenters. The Bertz CT molecular complexity index is 816. The highest BCUT2D eigenvalue weighted by Gasteiger charge is 2.49. The lowest BCUT2D eigenvalue weighted by Gasteiger charge is -2.34. The van der Waals surface area contributed by atoms with Crippen LogP contribution in [0.4, 0.5) is 14.9 Å². The number of hydrogen-bond donors (Lipinski definition) is 1. The maximum atomic E-state index is 13.1. The highest BCUT2D eigenvalue weighted by Crippen LogP contribution is 2.31. The van der Waals surface area contributed by atoms with Crippen LogP contribution in [0.25, 0.3) is 0 Å². The lowest BCUT2D eigenvalue weighted by molar-refractivity contribution is -0.145. The average molecular weight is 396 g/mol. The summed E-state index contributed by atoms with van der Waals surface area (Å²) in [6, 6.07) is 2.30. The topological polar surface area (TPSA) is 86.8 Å². The smallest absolute Gasteiger partial charge is 0.323 e. The number of nitrogens with zero attached hydrogens (tertiary/aromatic N) is 2. The average Bonchev–Trinajstić information content (AvgIpc) is 2.82. The van der Waals surface area contributed by atoms with E-state index in [1.807, 2.05) is 6.92 Å². The van der Waals surface area contributed by atoms with Gasteiger partial charge in [-0.2, -0.15) is 0 Å². The molecule has 1 aliphatic heterocycles. The van der Waals surface area contributed by atoms with Gasteiger partial charge >= 0.3 is 17.8 Å². The van der Waals surface area contributed by atoms with E-state index in [0.717, 1.165) is 36.3 Å². The number of imide groups is 2. The second-order valence-electron chi connectivity index (χ2n) is 6.85. The second kappa shape index (κ2) is 7.64. The zero-order valence-corrected chi connectivity index (χ0v) is 15.5. The summed E-state index contributed by atoms with van der Waals surface area (Å²) in [6.45, 7) is 1.33. The minimum Gasteiger partial charge on any atom is -0.323 e. The number of amides is 5. The Kier molecular flexibility index (Phi) is 5.46. The summed E-state index contributed by atoms with van der Waals surface area (Å²) in [5, 5.41) is 2.39. The highest BCUT2D eigenvalue weighted by atomic mass is 35.5. The van der Waals surface area contributed by atoms with Gasteiger partial charge in [-0.25, -0.2) is 14.1 Å². The summed E-state index contributed by atoms with van der Waals surface area (Å²) in [7, 11) is 0. The fourth-order valence-electron chi connectivity index (χ4n) is 3.56. The Morgan fingerprint density at radius 2 is 1.93 bits per heavy atom. The molecule has 1 aromatic carbocycles. The van der Waals surface area contributed by atoms with E-state index in [-0.39, 0.29) is 22.7 Å². The van der Waals surface area contributed by atoms with Gasteiger partial charge in [-0.3, -0.25) is 19.3 Å². The van der Waals surface area contributed by atoms with Gasteiger partial charge in [-0.05, 0) is 37.0 Å². The first-order valence-electron chi connectivity index (χ1n) is 8.73. The zero-order chi connectivity index (χ0) is 19.7. The number of rotatable bonds is 4. The molecule has 7 nitrogen and oxygen atoms in total. The molecule has 1 saturated heterocycles. The predicted molar refractivity (Wildman–Crippen MR) is 95.4 cm³/mol. The first kappa shape index (κ1) is 19.3. The molecule has 3 rings (SSSR count). The van der Waals surface area contributed by atoms with Gasteiger partial charge in [-0.15, -0.1) is 0 Å². The van der Waals surface area contributed by atoms with Crippen LogP contribution in [0.1, 0.15) is 32.6 Å². The van der Waals surface area contributed by atoms with E-state index >= 15 is 0 Å². The van der Waals surface area contributed by atoms with E-state index in [2.05, 4.69) is 5.32 Å². The summed E-state index contributed by atoms with van der Waals surface area (Å²) >= 11 is 5.85. The molecule has 0 bridgehead atoms. The largest absolute Gasteiger partial charge is 0.334 e. The third-order valence-electron chi connectivity index (χ3n) is 4.99.